The number of hydrogen-bond acceptors (Lipinski definition) is 2. The maximum Gasteiger partial charge on any atom is 0.135 e. The molecule has 0 spiro atoms. The summed E-state index contributed by atoms with van der Waals surface area (Å²) in [4.78, 5) is 0. The van der Waals surface area contributed by atoms with Crippen LogP contribution in [0.4, 0.5) is 0 Å². The molecule has 18 aromatic rings. The molecule has 0 aliphatic heterocycles. The van der Waals surface area contributed by atoms with Crippen molar-refractivity contribution in [3.8, 4) is 77.9 Å². The Morgan fingerprint density at radius 1 is 0.193 bits per heavy atom. The Bertz CT molecular complexity index is 6560. The first kappa shape index (κ1) is 37.0. The van der Waals surface area contributed by atoms with E-state index in [0.717, 1.165) is 88.0 Å². The highest BCUT2D eigenvalue weighted by Gasteiger charge is 2.20. The van der Waals surface area contributed by atoms with Gasteiger partial charge in [-0.05, 0) is 174 Å². The van der Waals surface area contributed by atoms with Crippen LogP contribution < -0.4 is 0 Å². The van der Waals surface area contributed by atoms with Gasteiger partial charge in [-0.1, -0.05) is 285 Å². The Hall–Kier alpha value is -11.6. The molecule has 0 bridgehead atoms. The lowest BCUT2D eigenvalue weighted by molar-refractivity contribution is 0.668. The van der Waals surface area contributed by atoms with Crippen LogP contribution in [-0.2, 0) is 0 Å². The van der Waals surface area contributed by atoms with Crippen molar-refractivity contribution in [2.24, 2.45) is 0 Å². The molecule has 2 heterocycles. The zero-order valence-corrected chi connectivity index (χ0v) is 46.8. The predicted molar refractivity (Wildman–Crippen MR) is 373 cm³/mol. The fraction of sp³-hybridized carbons (Fsp3) is 0. The average Bonchev–Trinajstić information content (AvgIpc) is 0.739. The molecule has 0 radical (unpaired) electrons. The number of benzene rings is 16. The number of hydrogen-bond donors (Lipinski definition) is 0. The first-order chi connectivity index (χ1) is 50.3. The van der Waals surface area contributed by atoms with Gasteiger partial charge in [0.15, 0.2) is 0 Å². The molecule has 2 heteroatoms. The van der Waals surface area contributed by atoms with Crippen LogP contribution in [0.2, 0.25) is 0 Å². The van der Waals surface area contributed by atoms with E-state index in [9.17, 15) is 11.0 Å². The topological polar surface area (TPSA) is 26.3 Å². The molecule has 0 fully saturated rings. The van der Waals surface area contributed by atoms with Crippen LogP contribution in [0.25, 0.3) is 176 Å². The molecule has 0 aliphatic rings. The molecule has 18 rings (SSSR count). The van der Waals surface area contributed by atoms with Crippen molar-refractivity contribution in [1.29, 1.82) is 0 Å². The quantitative estimate of drug-likeness (QED) is 0.149. The van der Waals surface area contributed by atoms with Crippen molar-refractivity contribution in [3.05, 3.63) is 327 Å². The molecule has 88 heavy (non-hydrogen) atoms. The van der Waals surface area contributed by atoms with Gasteiger partial charge in [0.05, 0.1) is 21.9 Å². The summed E-state index contributed by atoms with van der Waals surface area (Å²) in [6, 6.07) is 67.7. The Labute approximate surface area is 531 Å². The second kappa shape index (κ2) is 21.2. The predicted octanol–water partition coefficient (Wildman–Crippen LogP) is 24.6. The Balaban J connectivity index is 0.000000154. The maximum absolute atomic E-state index is 9.26. The molecule has 0 saturated carbocycles. The van der Waals surface area contributed by atoms with Gasteiger partial charge in [-0.25, -0.2) is 0 Å². The largest absolute Gasteiger partial charge is 0.456 e. The van der Waals surface area contributed by atoms with E-state index in [0.29, 0.717) is 44.5 Å². The smallest absolute Gasteiger partial charge is 0.135 e. The fourth-order valence-electron chi connectivity index (χ4n) is 12.8. The maximum atomic E-state index is 9.26. The zero-order chi connectivity index (χ0) is 72.0. The summed E-state index contributed by atoms with van der Waals surface area (Å²) < 4.78 is 156. The third-order valence-electron chi connectivity index (χ3n) is 16.8. The standard InChI is InChI=1S/C44H28O.C42H26O/c1-2-11-29(12-3-1)32-13-10-14-34(27-32)44-38-18-6-4-16-36(38)43(37-17-5-7-19-39(37)44)31-23-21-30(22-24-31)33-25-26-42-40(28-33)35-15-8-9-20-41(35)45-42;1-2-12-31-28(10-1)11-9-18-33(31)42-36-16-5-3-14-34(36)41(35-15-4-6-17-37(35)42)29-22-20-27(21-23-29)30-24-25-40-38(26-30)32-13-7-8-19-39(32)43-40/h1-28H;1-26H/i4D,5D,6D,7D,16D,17D,18D,19D;3D,4D,5D,6D,14D,15D,16D,17D. The van der Waals surface area contributed by atoms with Gasteiger partial charge >= 0.3 is 0 Å². The monoisotopic (exact) mass is 1130 g/mol. The molecule has 0 unspecified atom stereocenters. The number of para-hydroxylation sites is 2. The Morgan fingerprint density at radius 3 is 1.00 bits per heavy atom. The Kier molecular flexibility index (Phi) is 8.90. The third kappa shape index (κ3) is 8.64. The summed E-state index contributed by atoms with van der Waals surface area (Å²) in [5.41, 5.74) is 12.3. The van der Waals surface area contributed by atoms with Gasteiger partial charge < -0.3 is 8.83 Å². The number of fused-ring (bicyclic) bond motifs is 11. The van der Waals surface area contributed by atoms with Crippen LogP contribution in [0, 0.1) is 0 Å². The van der Waals surface area contributed by atoms with E-state index >= 15 is 0 Å². The normalized spacial score (nSPS) is 14.2. The lowest BCUT2D eigenvalue weighted by Gasteiger charge is -2.19. The van der Waals surface area contributed by atoms with Crippen LogP contribution in [0.15, 0.2) is 336 Å². The lowest BCUT2D eigenvalue weighted by Crippen LogP contribution is -1.91. The molecular formula is C86H54O2. The van der Waals surface area contributed by atoms with Crippen LogP contribution in [-0.4, -0.2) is 0 Å². The van der Waals surface area contributed by atoms with E-state index in [1.807, 2.05) is 218 Å². The van der Waals surface area contributed by atoms with Crippen molar-refractivity contribution in [3.63, 3.8) is 0 Å². The SMILES string of the molecule is [2H]c1c([2H])c([2H])c2c(-c3cccc(-c4ccccc4)c3)c3c([2H])c([2H])c([2H])c([2H])c3c(-c3ccc(-c4ccc5oc6ccccc6c5c4)cc3)c2c1[2H].[2H]c1c([2H])c([2H])c2c(-c3cccc4ccccc34)c3c([2H])c([2H])c([2H])c([2H])c3c(-c3ccc(-c4ccc5oc6ccccc6c5c4)cc3)c2c1[2H]. The second-order valence-electron chi connectivity index (χ2n) is 21.7. The summed E-state index contributed by atoms with van der Waals surface area (Å²) >= 11 is 0. The minimum absolute atomic E-state index is 0.188. The first-order valence-corrected chi connectivity index (χ1v) is 28.9. The summed E-state index contributed by atoms with van der Waals surface area (Å²) in [6.07, 6.45) is 0. The van der Waals surface area contributed by atoms with Gasteiger partial charge in [0.2, 0.25) is 0 Å². The van der Waals surface area contributed by atoms with Crippen LogP contribution in [0.3, 0.4) is 0 Å². The number of rotatable bonds is 7. The van der Waals surface area contributed by atoms with E-state index in [1.54, 1.807) is 0 Å². The van der Waals surface area contributed by atoms with Gasteiger partial charge in [-0.3, -0.25) is 0 Å². The van der Waals surface area contributed by atoms with E-state index in [2.05, 4.69) is 12.1 Å². The van der Waals surface area contributed by atoms with Crippen LogP contribution in [0.1, 0.15) is 21.9 Å². The van der Waals surface area contributed by atoms with Crippen LogP contribution in [0.5, 0.6) is 0 Å². The van der Waals surface area contributed by atoms with Gasteiger partial charge in [-0.15, -0.1) is 0 Å². The molecule has 0 amide bonds. The second-order valence-corrected chi connectivity index (χ2v) is 21.7. The van der Waals surface area contributed by atoms with Gasteiger partial charge in [-0.2, -0.15) is 0 Å². The van der Waals surface area contributed by atoms with Gasteiger partial charge in [0.25, 0.3) is 0 Å². The van der Waals surface area contributed by atoms with Crippen molar-refractivity contribution in [2.45, 2.75) is 0 Å². The summed E-state index contributed by atoms with van der Waals surface area (Å²) in [7, 11) is 0. The number of furan rings is 2. The first-order valence-electron chi connectivity index (χ1n) is 36.9. The molecule has 2 aromatic heterocycles. The minimum atomic E-state index is -0.426. The third-order valence-corrected chi connectivity index (χ3v) is 16.8. The highest BCUT2D eigenvalue weighted by molar-refractivity contribution is 6.24. The summed E-state index contributed by atoms with van der Waals surface area (Å²) in [6.45, 7) is 0. The highest BCUT2D eigenvalue weighted by atomic mass is 16.3. The molecule has 2 nitrogen and oxygen atoms in total. The lowest BCUT2D eigenvalue weighted by atomic mass is 9.84. The zero-order valence-electron chi connectivity index (χ0n) is 62.8. The van der Waals surface area contributed by atoms with E-state index in [-0.39, 0.29) is 91.4 Å². The highest BCUT2D eigenvalue weighted by Crippen LogP contribution is 2.48. The Morgan fingerprint density at radius 2 is 0.511 bits per heavy atom. The van der Waals surface area contributed by atoms with Crippen molar-refractivity contribution >= 4 is 97.7 Å². The van der Waals surface area contributed by atoms with Crippen LogP contribution >= 0.6 is 0 Å². The molecular weight excluding hydrogens is 1060 g/mol. The molecule has 16 aromatic carbocycles. The molecule has 0 atom stereocenters. The van der Waals surface area contributed by atoms with E-state index in [1.165, 1.54) is 0 Å². The van der Waals surface area contributed by atoms with Gasteiger partial charge in [0.1, 0.15) is 22.3 Å². The van der Waals surface area contributed by atoms with Crippen molar-refractivity contribution in [2.75, 3.05) is 0 Å². The molecule has 0 N–H and O–H groups in total. The van der Waals surface area contributed by atoms with Gasteiger partial charge in [0, 0.05) is 21.5 Å². The van der Waals surface area contributed by atoms with Crippen molar-refractivity contribution in [1.82, 2.24) is 0 Å². The average molecular weight is 1140 g/mol. The molecule has 0 saturated heterocycles. The summed E-state index contributed by atoms with van der Waals surface area (Å²) in [5, 5.41) is 7.22. The van der Waals surface area contributed by atoms with E-state index in [4.69, 9.17) is 19.8 Å². The minimum Gasteiger partial charge on any atom is -0.456 e. The van der Waals surface area contributed by atoms with Crippen molar-refractivity contribution < 1.29 is 30.8 Å². The fourth-order valence-corrected chi connectivity index (χ4v) is 12.8. The van der Waals surface area contributed by atoms with E-state index < -0.39 is 48.3 Å². The summed E-state index contributed by atoms with van der Waals surface area (Å²) in [5.74, 6) is 0. The molecule has 0 aliphatic carbocycles. The molecule has 410 valence electrons.